The van der Waals surface area contributed by atoms with Crippen molar-refractivity contribution >= 4 is 68.0 Å². The molecule has 8 heteroatoms. The predicted octanol–water partition coefficient (Wildman–Crippen LogP) is 5.73. The fourth-order valence-electron chi connectivity index (χ4n) is 6.02. The van der Waals surface area contributed by atoms with Crippen LogP contribution in [0, 0.1) is 0 Å². The smallest absolute Gasteiger partial charge is 0.196 e. The number of hydrogen-bond acceptors (Lipinski definition) is 6. The summed E-state index contributed by atoms with van der Waals surface area (Å²) in [5, 5.41) is 28.4. The molecule has 0 aliphatic heterocycles. The second-order valence-electron chi connectivity index (χ2n) is 10.3. The van der Waals surface area contributed by atoms with Crippen molar-refractivity contribution in [3.8, 4) is 0 Å². The van der Waals surface area contributed by atoms with Gasteiger partial charge < -0.3 is 19.8 Å². The Labute approximate surface area is 250 Å². The van der Waals surface area contributed by atoms with Crippen molar-refractivity contribution < 1.29 is 29.4 Å². The van der Waals surface area contributed by atoms with Crippen LogP contribution in [0.15, 0.2) is 121 Å². The SMILES string of the molecule is O=C1c2ccccc2C(=O)c2c(N(C(=O)[O-])c3cccc4ccccc34)ccc(N(C(=O)[O-])c3cccc4ccccc34)c21. The van der Waals surface area contributed by atoms with Crippen LogP contribution in [0.2, 0.25) is 0 Å². The number of carbonyl (C=O) groups excluding carboxylic acids is 4. The molecule has 6 aromatic carbocycles. The van der Waals surface area contributed by atoms with Crippen molar-refractivity contribution in [2.24, 2.45) is 0 Å². The molecule has 0 bridgehead atoms. The van der Waals surface area contributed by atoms with Crippen molar-refractivity contribution in [2.75, 3.05) is 9.80 Å². The van der Waals surface area contributed by atoms with Gasteiger partial charge >= 0.3 is 0 Å². The highest BCUT2D eigenvalue weighted by Crippen LogP contribution is 2.44. The third-order valence-corrected chi connectivity index (χ3v) is 7.89. The summed E-state index contributed by atoms with van der Waals surface area (Å²) in [4.78, 5) is 55.9. The van der Waals surface area contributed by atoms with Crippen LogP contribution in [0.25, 0.3) is 21.5 Å². The molecular formula is C36H20N2O6-2. The minimum atomic E-state index is -1.64. The van der Waals surface area contributed by atoms with Crippen molar-refractivity contribution in [2.45, 2.75) is 0 Å². The molecule has 0 unspecified atom stereocenters. The summed E-state index contributed by atoms with van der Waals surface area (Å²) in [5.74, 6) is -1.26. The van der Waals surface area contributed by atoms with E-state index in [1.807, 2.05) is 36.4 Å². The highest BCUT2D eigenvalue weighted by atomic mass is 16.4. The summed E-state index contributed by atoms with van der Waals surface area (Å²) >= 11 is 0. The van der Waals surface area contributed by atoms with E-state index in [2.05, 4.69) is 0 Å². The van der Waals surface area contributed by atoms with E-state index in [1.54, 1.807) is 60.7 Å². The largest absolute Gasteiger partial charge is 0.529 e. The maximum absolute atomic E-state index is 14.2. The average Bonchev–Trinajstić information content (AvgIpc) is 3.04. The Kier molecular flexibility index (Phi) is 6.18. The number of ketones is 2. The number of benzene rings is 6. The molecule has 212 valence electrons. The topological polar surface area (TPSA) is 121 Å². The first-order valence-corrected chi connectivity index (χ1v) is 13.7. The molecule has 0 aromatic heterocycles. The number of anilines is 4. The van der Waals surface area contributed by atoms with E-state index in [1.165, 1.54) is 24.3 Å². The molecule has 2 amide bonds. The van der Waals surface area contributed by atoms with Crippen LogP contribution in [0.1, 0.15) is 31.8 Å². The Balaban J connectivity index is 1.55. The minimum absolute atomic E-state index is 0.0739. The lowest BCUT2D eigenvalue weighted by atomic mass is 9.81. The van der Waals surface area contributed by atoms with E-state index >= 15 is 0 Å². The first-order chi connectivity index (χ1) is 21.4. The van der Waals surface area contributed by atoms with Crippen LogP contribution in [-0.4, -0.2) is 23.8 Å². The zero-order valence-electron chi connectivity index (χ0n) is 22.9. The first-order valence-electron chi connectivity index (χ1n) is 13.7. The van der Waals surface area contributed by atoms with Gasteiger partial charge in [0.25, 0.3) is 0 Å². The van der Waals surface area contributed by atoms with Crippen LogP contribution in [-0.2, 0) is 0 Å². The molecule has 7 rings (SSSR count). The van der Waals surface area contributed by atoms with Gasteiger partial charge in [-0.1, -0.05) is 97.1 Å². The normalized spacial score (nSPS) is 12.1. The maximum atomic E-state index is 14.2. The van der Waals surface area contributed by atoms with Gasteiger partial charge in [0.2, 0.25) is 0 Å². The van der Waals surface area contributed by atoms with Crippen LogP contribution in [0.5, 0.6) is 0 Å². The minimum Gasteiger partial charge on any atom is -0.529 e. The molecule has 0 heterocycles. The van der Waals surface area contributed by atoms with Gasteiger partial charge in [0.15, 0.2) is 11.6 Å². The van der Waals surface area contributed by atoms with E-state index in [9.17, 15) is 29.4 Å². The van der Waals surface area contributed by atoms with E-state index in [4.69, 9.17) is 0 Å². The monoisotopic (exact) mass is 576 g/mol. The van der Waals surface area contributed by atoms with Gasteiger partial charge in [-0.05, 0) is 35.0 Å². The third-order valence-electron chi connectivity index (χ3n) is 7.89. The van der Waals surface area contributed by atoms with Gasteiger partial charge in [-0.15, -0.1) is 0 Å². The second-order valence-corrected chi connectivity index (χ2v) is 10.3. The zero-order chi connectivity index (χ0) is 30.5. The number of fused-ring (bicyclic) bond motifs is 4. The van der Waals surface area contributed by atoms with Crippen LogP contribution < -0.4 is 20.0 Å². The van der Waals surface area contributed by atoms with Gasteiger partial charge in [0.05, 0.1) is 33.9 Å². The molecule has 1 aliphatic rings. The molecule has 0 atom stereocenters. The molecule has 1 aliphatic carbocycles. The molecular weight excluding hydrogens is 556 g/mol. The van der Waals surface area contributed by atoms with Gasteiger partial charge in [-0.3, -0.25) is 19.4 Å². The van der Waals surface area contributed by atoms with Gasteiger partial charge in [-0.2, -0.15) is 0 Å². The lowest BCUT2D eigenvalue weighted by Gasteiger charge is -2.34. The first kappa shape index (κ1) is 26.6. The standard InChI is InChI=1S/C36H22N2O6/c39-33-25-15-5-6-16-26(25)34(40)32-30(38(36(43)44)28-18-8-12-22-10-2-4-14-24(22)28)20-19-29(31(32)33)37(35(41)42)27-17-7-11-21-9-1-3-13-23(21)27/h1-20H,(H,41,42)(H,43,44)/p-2. The van der Waals surface area contributed by atoms with Crippen molar-refractivity contribution in [1.82, 2.24) is 0 Å². The summed E-state index contributed by atoms with van der Waals surface area (Å²) in [6.45, 7) is 0. The van der Waals surface area contributed by atoms with Crippen molar-refractivity contribution in [3.63, 3.8) is 0 Å². The quantitative estimate of drug-likeness (QED) is 0.264. The number of carbonyl (C=O) groups is 4. The molecule has 44 heavy (non-hydrogen) atoms. The Bertz CT molecular complexity index is 2040. The van der Waals surface area contributed by atoms with E-state index in [-0.39, 0.29) is 45.0 Å². The Hall–Kier alpha value is -6.28. The zero-order valence-corrected chi connectivity index (χ0v) is 22.9. The van der Waals surface area contributed by atoms with Gasteiger partial charge in [0, 0.05) is 21.9 Å². The molecule has 0 fully saturated rings. The second kappa shape index (κ2) is 10.2. The van der Waals surface area contributed by atoms with E-state index in [0.717, 1.165) is 20.6 Å². The van der Waals surface area contributed by atoms with Gasteiger partial charge in [0.1, 0.15) is 12.2 Å². The average molecular weight is 577 g/mol. The number of rotatable bonds is 4. The highest BCUT2D eigenvalue weighted by Gasteiger charge is 2.37. The number of carboxylic acid groups (broad SMARTS) is 2. The number of amides is 2. The lowest BCUT2D eigenvalue weighted by molar-refractivity contribution is -0.246. The summed E-state index contributed by atoms with van der Waals surface area (Å²) in [6, 6.07) is 33.2. The molecule has 8 nitrogen and oxygen atoms in total. The van der Waals surface area contributed by atoms with Crippen LogP contribution in [0.3, 0.4) is 0 Å². The lowest BCUT2D eigenvalue weighted by Crippen LogP contribution is -2.41. The van der Waals surface area contributed by atoms with Crippen molar-refractivity contribution in [1.29, 1.82) is 0 Å². The molecule has 0 radical (unpaired) electrons. The Morgan fingerprint density at radius 3 is 1.20 bits per heavy atom. The number of hydrogen-bond donors (Lipinski definition) is 0. The maximum Gasteiger partial charge on any atom is 0.196 e. The fourth-order valence-corrected chi connectivity index (χ4v) is 6.02. The summed E-state index contributed by atoms with van der Waals surface area (Å²) in [5.41, 5.74) is -0.210. The van der Waals surface area contributed by atoms with Crippen LogP contribution in [0.4, 0.5) is 32.3 Å². The summed E-state index contributed by atoms with van der Waals surface area (Å²) in [6.07, 6.45) is -3.28. The molecule has 0 spiro atoms. The van der Waals surface area contributed by atoms with Crippen LogP contribution >= 0.6 is 0 Å². The Morgan fingerprint density at radius 1 is 0.432 bits per heavy atom. The highest BCUT2D eigenvalue weighted by molar-refractivity contribution is 6.33. The predicted molar refractivity (Wildman–Crippen MR) is 163 cm³/mol. The Morgan fingerprint density at radius 2 is 0.795 bits per heavy atom. The summed E-state index contributed by atoms with van der Waals surface area (Å²) in [7, 11) is 0. The fraction of sp³-hybridized carbons (Fsp3) is 0. The summed E-state index contributed by atoms with van der Waals surface area (Å²) < 4.78 is 0. The van der Waals surface area contributed by atoms with E-state index in [0.29, 0.717) is 10.8 Å². The van der Waals surface area contributed by atoms with E-state index < -0.39 is 23.8 Å². The van der Waals surface area contributed by atoms with Gasteiger partial charge in [-0.25, -0.2) is 0 Å². The van der Waals surface area contributed by atoms with Crippen molar-refractivity contribution in [3.05, 3.63) is 144 Å². The molecule has 0 N–H and O–H groups in total. The molecule has 6 aromatic rings. The molecule has 0 saturated carbocycles. The number of nitrogens with zero attached hydrogens (tertiary/aromatic N) is 2. The third kappa shape index (κ3) is 4.00. The molecule has 0 saturated heterocycles.